The highest BCUT2D eigenvalue weighted by Crippen LogP contribution is 2.24. The van der Waals surface area contributed by atoms with Gasteiger partial charge in [-0.05, 0) is 54.8 Å². The molecular weight excluding hydrogens is 379 g/mol. The molecule has 1 aliphatic heterocycles. The van der Waals surface area contributed by atoms with Crippen LogP contribution in [0.4, 0.5) is 10.1 Å². The minimum atomic E-state index is -3.68. The van der Waals surface area contributed by atoms with Gasteiger partial charge in [0, 0.05) is 17.3 Å². The van der Waals surface area contributed by atoms with E-state index in [0.29, 0.717) is 34.8 Å². The number of rotatable bonds is 5. The summed E-state index contributed by atoms with van der Waals surface area (Å²) in [7, 11) is -3.68. The van der Waals surface area contributed by atoms with Crippen LogP contribution in [-0.2, 0) is 20.6 Å². The number of carbonyl (C=O) groups is 1. The van der Waals surface area contributed by atoms with Gasteiger partial charge in [-0.25, -0.2) is 17.5 Å². The summed E-state index contributed by atoms with van der Waals surface area (Å²) >= 11 is 5.80. The van der Waals surface area contributed by atoms with Gasteiger partial charge in [0.2, 0.25) is 15.9 Å². The first-order chi connectivity index (χ1) is 12.2. The van der Waals surface area contributed by atoms with Crippen molar-refractivity contribution in [1.29, 1.82) is 0 Å². The summed E-state index contributed by atoms with van der Waals surface area (Å²) in [6.07, 6.45) is 0.356. The SMILES string of the molecule is Cc1cc(N2CC[C@@H](NS(=O)(=O)Cc3ccc(Cl)cc3)C2=O)ccc1F. The average molecular weight is 397 g/mol. The van der Waals surface area contributed by atoms with Crippen LogP contribution >= 0.6 is 11.6 Å². The minimum absolute atomic E-state index is 0.233. The number of carbonyl (C=O) groups excluding carboxylic acids is 1. The monoisotopic (exact) mass is 396 g/mol. The van der Waals surface area contributed by atoms with Crippen molar-refractivity contribution in [2.45, 2.75) is 25.1 Å². The van der Waals surface area contributed by atoms with Gasteiger partial charge in [0.25, 0.3) is 0 Å². The van der Waals surface area contributed by atoms with Gasteiger partial charge in [-0.1, -0.05) is 23.7 Å². The van der Waals surface area contributed by atoms with E-state index < -0.39 is 16.1 Å². The molecule has 5 nitrogen and oxygen atoms in total. The van der Waals surface area contributed by atoms with Crippen LogP contribution in [0.3, 0.4) is 0 Å². The smallest absolute Gasteiger partial charge is 0.245 e. The molecule has 2 aromatic carbocycles. The Morgan fingerprint density at radius 1 is 1.23 bits per heavy atom. The van der Waals surface area contributed by atoms with Crippen molar-refractivity contribution in [3.05, 3.63) is 64.4 Å². The Bertz CT molecular complexity index is 932. The maximum absolute atomic E-state index is 13.4. The highest BCUT2D eigenvalue weighted by molar-refractivity contribution is 7.88. The van der Waals surface area contributed by atoms with Gasteiger partial charge < -0.3 is 4.90 Å². The lowest BCUT2D eigenvalue weighted by Crippen LogP contribution is -2.42. The van der Waals surface area contributed by atoms with Crippen LogP contribution in [0.15, 0.2) is 42.5 Å². The molecular formula is C18H18ClFN2O3S. The Morgan fingerprint density at radius 2 is 1.92 bits per heavy atom. The number of nitrogens with one attached hydrogen (secondary N) is 1. The van der Waals surface area contributed by atoms with E-state index in [1.54, 1.807) is 37.3 Å². The number of sulfonamides is 1. The van der Waals surface area contributed by atoms with Crippen LogP contribution in [-0.4, -0.2) is 26.9 Å². The largest absolute Gasteiger partial charge is 0.311 e. The lowest BCUT2D eigenvalue weighted by atomic mass is 10.2. The summed E-state index contributed by atoms with van der Waals surface area (Å²) in [5, 5.41) is 0.523. The Labute approximate surface area is 156 Å². The number of hydrogen-bond donors (Lipinski definition) is 1. The third-order valence-corrected chi connectivity index (χ3v) is 5.86. The van der Waals surface area contributed by atoms with E-state index in [1.807, 2.05) is 0 Å². The highest BCUT2D eigenvalue weighted by atomic mass is 35.5. The molecule has 1 atom stereocenters. The standard InChI is InChI=1S/C18H18ClFN2O3S/c1-12-10-15(6-7-16(12)20)22-9-8-17(18(22)23)21-26(24,25)11-13-2-4-14(19)5-3-13/h2-7,10,17,21H,8-9,11H2,1H3/t17-/m1/s1. The van der Waals surface area contributed by atoms with Crippen LogP contribution in [0.5, 0.6) is 0 Å². The topological polar surface area (TPSA) is 66.5 Å². The molecule has 3 rings (SSSR count). The van der Waals surface area contributed by atoms with E-state index in [-0.39, 0.29) is 17.5 Å². The highest BCUT2D eigenvalue weighted by Gasteiger charge is 2.35. The zero-order valence-electron chi connectivity index (χ0n) is 14.1. The van der Waals surface area contributed by atoms with E-state index in [2.05, 4.69) is 4.72 Å². The fourth-order valence-electron chi connectivity index (χ4n) is 2.90. The molecule has 1 aliphatic rings. The Hall–Kier alpha value is -1.96. The van der Waals surface area contributed by atoms with Crippen molar-refractivity contribution in [2.24, 2.45) is 0 Å². The molecule has 0 bridgehead atoms. The van der Waals surface area contributed by atoms with E-state index in [1.165, 1.54) is 17.0 Å². The number of amides is 1. The van der Waals surface area contributed by atoms with Gasteiger partial charge >= 0.3 is 0 Å². The summed E-state index contributed by atoms with van der Waals surface area (Å²) in [4.78, 5) is 14.0. The Balaban J connectivity index is 1.69. The van der Waals surface area contributed by atoms with Gasteiger partial charge in [-0.3, -0.25) is 4.79 Å². The molecule has 0 aliphatic carbocycles. The fourth-order valence-corrected chi connectivity index (χ4v) is 4.39. The molecule has 8 heteroatoms. The van der Waals surface area contributed by atoms with Gasteiger partial charge in [-0.15, -0.1) is 0 Å². The molecule has 138 valence electrons. The van der Waals surface area contributed by atoms with Gasteiger partial charge in [0.05, 0.1) is 5.75 Å². The molecule has 0 saturated carbocycles. The zero-order chi connectivity index (χ0) is 18.9. The molecule has 0 spiro atoms. The first-order valence-corrected chi connectivity index (χ1v) is 10.1. The lowest BCUT2D eigenvalue weighted by Gasteiger charge is -2.18. The van der Waals surface area contributed by atoms with Crippen LogP contribution in [0.2, 0.25) is 5.02 Å². The summed E-state index contributed by atoms with van der Waals surface area (Å²) in [6, 6.07) is 10.1. The second-order valence-corrected chi connectivity index (χ2v) is 8.46. The number of halogens is 2. The summed E-state index contributed by atoms with van der Waals surface area (Å²) < 4.78 is 40.6. The molecule has 2 aromatic rings. The quantitative estimate of drug-likeness (QED) is 0.844. The molecule has 1 saturated heterocycles. The van der Waals surface area contributed by atoms with Crippen LogP contribution in [0.1, 0.15) is 17.5 Å². The summed E-state index contributed by atoms with van der Waals surface area (Å²) in [5.41, 5.74) is 1.58. The number of anilines is 1. The molecule has 1 fully saturated rings. The third-order valence-electron chi connectivity index (χ3n) is 4.25. The van der Waals surface area contributed by atoms with E-state index in [0.717, 1.165) is 0 Å². The lowest BCUT2D eigenvalue weighted by molar-refractivity contribution is -0.118. The average Bonchev–Trinajstić information content (AvgIpc) is 2.92. The molecule has 1 amide bonds. The zero-order valence-corrected chi connectivity index (χ0v) is 15.6. The van der Waals surface area contributed by atoms with Crippen molar-refractivity contribution in [3.8, 4) is 0 Å². The number of aryl methyl sites for hydroxylation is 1. The Morgan fingerprint density at radius 3 is 2.58 bits per heavy atom. The van der Waals surface area contributed by atoms with Gasteiger partial charge in [0.15, 0.2) is 0 Å². The van der Waals surface area contributed by atoms with Gasteiger partial charge in [0.1, 0.15) is 11.9 Å². The van der Waals surface area contributed by atoms with E-state index in [4.69, 9.17) is 11.6 Å². The number of benzene rings is 2. The first kappa shape index (κ1) is 18.8. The van der Waals surface area contributed by atoms with Crippen molar-refractivity contribution < 1.29 is 17.6 Å². The molecule has 1 N–H and O–H groups in total. The minimum Gasteiger partial charge on any atom is -0.311 e. The van der Waals surface area contributed by atoms with Crippen LogP contribution < -0.4 is 9.62 Å². The predicted octanol–water partition coefficient (Wildman–Crippen LogP) is 3.01. The molecule has 0 radical (unpaired) electrons. The van der Waals surface area contributed by atoms with Gasteiger partial charge in [-0.2, -0.15) is 0 Å². The molecule has 0 unspecified atom stereocenters. The Kier molecular flexibility index (Phi) is 5.32. The summed E-state index contributed by atoms with van der Waals surface area (Å²) in [5.74, 6) is -0.917. The second kappa shape index (κ2) is 7.34. The van der Waals surface area contributed by atoms with Crippen molar-refractivity contribution in [3.63, 3.8) is 0 Å². The van der Waals surface area contributed by atoms with Crippen molar-refractivity contribution in [1.82, 2.24) is 4.72 Å². The fraction of sp³-hybridized carbons (Fsp3) is 0.278. The molecule has 0 aromatic heterocycles. The third kappa shape index (κ3) is 4.23. The second-order valence-electron chi connectivity index (χ2n) is 6.27. The van der Waals surface area contributed by atoms with Crippen molar-refractivity contribution >= 4 is 33.2 Å². The van der Waals surface area contributed by atoms with Crippen LogP contribution in [0.25, 0.3) is 0 Å². The molecule has 1 heterocycles. The number of hydrogen-bond acceptors (Lipinski definition) is 3. The van der Waals surface area contributed by atoms with Crippen molar-refractivity contribution in [2.75, 3.05) is 11.4 Å². The maximum atomic E-state index is 13.4. The molecule has 26 heavy (non-hydrogen) atoms. The maximum Gasteiger partial charge on any atom is 0.245 e. The summed E-state index contributed by atoms with van der Waals surface area (Å²) in [6.45, 7) is 1.99. The normalized spacial score (nSPS) is 17.7. The van der Waals surface area contributed by atoms with E-state index >= 15 is 0 Å². The number of nitrogens with zero attached hydrogens (tertiary/aromatic N) is 1. The predicted molar refractivity (Wildman–Crippen MR) is 99.1 cm³/mol. The van der Waals surface area contributed by atoms with E-state index in [9.17, 15) is 17.6 Å². The first-order valence-electron chi connectivity index (χ1n) is 8.07. The van der Waals surface area contributed by atoms with Crippen LogP contribution in [0, 0.1) is 12.7 Å².